The molecule has 0 heterocycles. The molecule has 0 saturated carbocycles. The Morgan fingerprint density at radius 3 is 2.39 bits per heavy atom. The number of allylic oxidation sites excluding steroid dienone is 1. The van der Waals surface area contributed by atoms with Gasteiger partial charge in [-0.3, -0.25) is 0 Å². The Hall–Kier alpha value is -0.0931. The summed E-state index contributed by atoms with van der Waals surface area (Å²) in [5.74, 6) is 0. The van der Waals surface area contributed by atoms with Crippen molar-refractivity contribution in [3.8, 4) is 0 Å². The SMILES string of the molecule is CCCCCC/C(I)=C/[Si](C)(C)c1ccccc1. The van der Waals surface area contributed by atoms with Gasteiger partial charge < -0.3 is 0 Å². The summed E-state index contributed by atoms with van der Waals surface area (Å²) in [5.41, 5.74) is 2.56. The molecule has 0 aromatic heterocycles. The molecule has 0 aliphatic heterocycles. The first-order chi connectivity index (χ1) is 8.56. The molecule has 0 nitrogen and oxygen atoms in total. The van der Waals surface area contributed by atoms with Crippen LogP contribution in [0, 0.1) is 0 Å². The maximum atomic E-state index is 2.56. The van der Waals surface area contributed by atoms with Crippen molar-refractivity contribution in [2.75, 3.05) is 0 Å². The molecule has 0 spiro atoms. The second kappa shape index (κ2) is 8.15. The minimum absolute atomic E-state index is 1.27. The first kappa shape index (κ1) is 16.0. The highest BCUT2D eigenvalue weighted by atomic mass is 127. The number of unbranched alkanes of at least 4 members (excludes halogenated alkanes) is 3. The predicted octanol–water partition coefficient (Wildman–Crippen LogP) is 5.43. The maximum absolute atomic E-state index is 2.56. The van der Waals surface area contributed by atoms with Gasteiger partial charge in [0.05, 0.1) is 0 Å². The predicted molar refractivity (Wildman–Crippen MR) is 94.4 cm³/mol. The summed E-state index contributed by atoms with van der Waals surface area (Å²) in [7, 11) is -1.38. The number of halogens is 1. The Balaban J connectivity index is 2.57. The van der Waals surface area contributed by atoms with Gasteiger partial charge in [-0.05, 0) is 39.0 Å². The standard InChI is InChI=1S/C16H25ISi/c1-4-5-6-8-11-15(17)14-18(2,3)16-12-9-7-10-13-16/h7,9-10,12-14H,4-6,8,11H2,1-3H3/b15-14-. The van der Waals surface area contributed by atoms with Gasteiger partial charge in [-0.2, -0.15) is 0 Å². The van der Waals surface area contributed by atoms with Crippen LogP contribution in [0.2, 0.25) is 13.1 Å². The van der Waals surface area contributed by atoms with E-state index in [0.29, 0.717) is 0 Å². The normalized spacial score (nSPS) is 12.8. The van der Waals surface area contributed by atoms with Crippen LogP contribution in [-0.2, 0) is 0 Å². The lowest BCUT2D eigenvalue weighted by atomic mass is 10.2. The van der Waals surface area contributed by atoms with Crippen LogP contribution in [0.25, 0.3) is 0 Å². The van der Waals surface area contributed by atoms with Crippen molar-refractivity contribution in [3.05, 3.63) is 39.6 Å². The lowest BCUT2D eigenvalue weighted by molar-refractivity contribution is 0.673. The van der Waals surface area contributed by atoms with E-state index in [1.807, 2.05) is 0 Å². The van der Waals surface area contributed by atoms with E-state index in [1.54, 1.807) is 3.58 Å². The zero-order valence-electron chi connectivity index (χ0n) is 11.9. The highest BCUT2D eigenvalue weighted by Crippen LogP contribution is 2.20. The molecular formula is C16H25ISi. The molecule has 0 atom stereocenters. The highest BCUT2D eigenvalue weighted by molar-refractivity contribution is 14.1. The van der Waals surface area contributed by atoms with Gasteiger partial charge in [-0.25, -0.2) is 0 Å². The van der Waals surface area contributed by atoms with Crippen molar-refractivity contribution >= 4 is 35.9 Å². The molecule has 0 unspecified atom stereocenters. The van der Waals surface area contributed by atoms with E-state index in [0.717, 1.165) is 0 Å². The monoisotopic (exact) mass is 372 g/mol. The third-order valence-electron chi connectivity index (χ3n) is 3.30. The first-order valence-electron chi connectivity index (χ1n) is 6.99. The minimum atomic E-state index is -1.38. The molecule has 18 heavy (non-hydrogen) atoms. The number of benzene rings is 1. The van der Waals surface area contributed by atoms with Crippen molar-refractivity contribution in [1.29, 1.82) is 0 Å². The Labute approximate surface area is 127 Å². The zero-order chi connectivity index (χ0) is 13.4. The summed E-state index contributed by atoms with van der Waals surface area (Å²) in [4.78, 5) is 0. The third kappa shape index (κ3) is 5.70. The Morgan fingerprint density at radius 2 is 1.78 bits per heavy atom. The van der Waals surface area contributed by atoms with Crippen LogP contribution in [0.15, 0.2) is 39.6 Å². The number of hydrogen-bond donors (Lipinski definition) is 0. The highest BCUT2D eigenvalue weighted by Gasteiger charge is 2.20. The second-order valence-corrected chi connectivity index (χ2v) is 11.2. The van der Waals surface area contributed by atoms with Gasteiger partial charge >= 0.3 is 0 Å². The summed E-state index contributed by atoms with van der Waals surface area (Å²) in [6.07, 6.45) is 6.70. The van der Waals surface area contributed by atoms with Gasteiger partial charge in [-0.15, -0.1) is 0 Å². The Bertz CT molecular complexity index is 368. The summed E-state index contributed by atoms with van der Waals surface area (Å²) < 4.78 is 1.56. The van der Waals surface area contributed by atoms with Crippen molar-refractivity contribution in [1.82, 2.24) is 0 Å². The molecule has 0 aliphatic carbocycles. The van der Waals surface area contributed by atoms with Gasteiger partial charge in [0, 0.05) is 0 Å². The molecule has 0 radical (unpaired) electrons. The number of rotatable bonds is 7. The molecule has 1 aromatic carbocycles. The van der Waals surface area contributed by atoms with Crippen LogP contribution >= 0.6 is 22.6 Å². The molecule has 0 saturated heterocycles. The molecule has 0 N–H and O–H groups in total. The van der Waals surface area contributed by atoms with E-state index in [9.17, 15) is 0 Å². The van der Waals surface area contributed by atoms with Gasteiger partial charge in [0.2, 0.25) is 0 Å². The van der Waals surface area contributed by atoms with Crippen LogP contribution < -0.4 is 5.19 Å². The summed E-state index contributed by atoms with van der Waals surface area (Å²) >= 11 is 2.54. The zero-order valence-corrected chi connectivity index (χ0v) is 15.0. The number of hydrogen-bond acceptors (Lipinski definition) is 0. The summed E-state index contributed by atoms with van der Waals surface area (Å²) in [5, 5.41) is 1.53. The molecule has 2 heteroatoms. The van der Waals surface area contributed by atoms with E-state index >= 15 is 0 Å². The van der Waals surface area contributed by atoms with Gasteiger partial charge in [0.15, 0.2) is 0 Å². The molecule has 100 valence electrons. The van der Waals surface area contributed by atoms with E-state index in [1.165, 1.54) is 37.3 Å². The van der Waals surface area contributed by atoms with Crippen molar-refractivity contribution in [2.45, 2.75) is 52.1 Å². The fraction of sp³-hybridized carbons (Fsp3) is 0.500. The smallest absolute Gasteiger partial charge is 0.0810 e. The van der Waals surface area contributed by atoms with Crippen LogP contribution in [0.5, 0.6) is 0 Å². The second-order valence-electron chi connectivity index (χ2n) is 5.49. The van der Waals surface area contributed by atoms with E-state index in [2.05, 4.69) is 78.6 Å². The molecule has 0 fully saturated rings. The maximum Gasteiger partial charge on any atom is 0.104 e. The Morgan fingerprint density at radius 1 is 1.11 bits per heavy atom. The van der Waals surface area contributed by atoms with E-state index < -0.39 is 8.07 Å². The quantitative estimate of drug-likeness (QED) is 0.340. The van der Waals surface area contributed by atoms with Crippen molar-refractivity contribution in [3.63, 3.8) is 0 Å². The molecule has 1 rings (SSSR count). The first-order valence-corrected chi connectivity index (χ1v) is 11.1. The van der Waals surface area contributed by atoms with Crippen LogP contribution in [0.1, 0.15) is 39.0 Å². The third-order valence-corrected chi connectivity index (χ3v) is 7.63. The van der Waals surface area contributed by atoms with Crippen molar-refractivity contribution in [2.24, 2.45) is 0 Å². The summed E-state index contributed by atoms with van der Waals surface area (Å²) in [6, 6.07) is 11.0. The fourth-order valence-corrected chi connectivity index (χ4v) is 7.00. The molecular weight excluding hydrogens is 347 g/mol. The largest absolute Gasteiger partial charge is 0.104 e. The van der Waals surface area contributed by atoms with Gasteiger partial charge in [-0.1, -0.05) is 80.5 Å². The summed E-state index contributed by atoms with van der Waals surface area (Å²) in [6.45, 7) is 7.15. The molecule has 1 aromatic rings. The fourth-order valence-electron chi connectivity index (χ4n) is 2.14. The lowest BCUT2D eigenvalue weighted by Crippen LogP contribution is -2.39. The molecule has 0 aliphatic rings. The molecule has 0 amide bonds. The van der Waals surface area contributed by atoms with Crippen LogP contribution in [0.3, 0.4) is 0 Å². The van der Waals surface area contributed by atoms with Crippen molar-refractivity contribution < 1.29 is 0 Å². The minimum Gasteiger partial charge on any atom is -0.0810 e. The van der Waals surface area contributed by atoms with Gasteiger partial charge in [0.25, 0.3) is 0 Å². The van der Waals surface area contributed by atoms with E-state index in [4.69, 9.17) is 0 Å². The molecule has 0 bridgehead atoms. The topological polar surface area (TPSA) is 0 Å². The van der Waals surface area contributed by atoms with Crippen LogP contribution in [-0.4, -0.2) is 8.07 Å². The average Bonchev–Trinajstić information content (AvgIpc) is 2.35. The van der Waals surface area contributed by atoms with Crippen LogP contribution in [0.4, 0.5) is 0 Å². The Kier molecular flexibility index (Phi) is 7.23. The average molecular weight is 372 g/mol. The van der Waals surface area contributed by atoms with E-state index in [-0.39, 0.29) is 0 Å². The lowest BCUT2D eigenvalue weighted by Gasteiger charge is -2.19. The van der Waals surface area contributed by atoms with Gasteiger partial charge in [0.1, 0.15) is 8.07 Å².